The third-order valence-electron chi connectivity index (χ3n) is 2.82. The molecule has 76 valence electrons. The van der Waals surface area contributed by atoms with Crippen molar-refractivity contribution in [1.82, 2.24) is 10.3 Å². The molecule has 2 aliphatic rings. The summed E-state index contributed by atoms with van der Waals surface area (Å²) in [6.45, 7) is 2.71. The lowest BCUT2D eigenvalue weighted by Crippen LogP contribution is -2.33. The van der Waals surface area contributed by atoms with Crippen LogP contribution >= 0.6 is 11.3 Å². The molecule has 0 radical (unpaired) electrons. The summed E-state index contributed by atoms with van der Waals surface area (Å²) in [5, 5.41) is 4.52. The fourth-order valence-corrected chi connectivity index (χ4v) is 3.28. The number of aryl methyl sites for hydroxylation is 2. The summed E-state index contributed by atoms with van der Waals surface area (Å²) in [5.74, 6) is 0. The van der Waals surface area contributed by atoms with E-state index in [1.807, 2.05) is 11.3 Å². The topological polar surface area (TPSA) is 34.2 Å². The molecule has 0 saturated carbocycles. The van der Waals surface area contributed by atoms with Gasteiger partial charge < -0.3 is 10.1 Å². The molecule has 1 aliphatic heterocycles. The molecule has 3 rings (SSSR count). The highest BCUT2D eigenvalue weighted by atomic mass is 32.1. The van der Waals surface area contributed by atoms with Gasteiger partial charge in [0.25, 0.3) is 0 Å². The molecule has 1 fully saturated rings. The van der Waals surface area contributed by atoms with Gasteiger partial charge in [0.05, 0.1) is 12.3 Å². The lowest BCUT2D eigenvalue weighted by atomic mass is 10.3. The minimum atomic E-state index is 0.208. The van der Waals surface area contributed by atoms with Crippen molar-refractivity contribution in [2.45, 2.75) is 25.4 Å². The van der Waals surface area contributed by atoms with Crippen LogP contribution in [0.5, 0.6) is 0 Å². The normalized spacial score (nSPS) is 26.4. The van der Waals surface area contributed by atoms with Crippen LogP contribution in [0.4, 0.5) is 0 Å². The van der Waals surface area contributed by atoms with Crippen LogP contribution in [0.15, 0.2) is 0 Å². The van der Waals surface area contributed by atoms with Gasteiger partial charge in [0, 0.05) is 18.0 Å². The Bertz CT molecular complexity index is 309. The van der Waals surface area contributed by atoms with Gasteiger partial charge in [-0.25, -0.2) is 4.98 Å². The number of morpholine rings is 1. The predicted molar refractivity (Wildman–Crippen MR) is 55.7 cm³/mol. The van der Waals surface area contributed by atoms with E-state index in [1.165, 1.54) is 34.8 Å². The van der Waals surface area contributed by atoms with E-state index in [0.29, 0.717) is 0 Å². The van der Waals surface area contributed by atoms with Crippen LogP contribution in [-0.4, -0.2) is 24.7 Å². The summed E-state index contributed by atoms with van der Waals surface area (Å²) in [6, 6.07) is 0. The molecule has 1 N–H and O–H groups in total. The quantitative estimate of drug-likeness (QED) is 0.758. The number of ether oxygens (including phenoxy) is 1. The number of fused-ring (bicyclic) bond motifs is 1. The second-order valence-corrected chi connectivity index (χ2v) is 4.95. The molecule has 0 spiro atoms. The molecule has 1 aliphatic carbocycles. The number of nitrogens with one attached hydrogen (secondary N) is 1. The first-order chi connectivity index (χ1) is 6.93. The molecule has 0 bridgehead atoms. The van der Waals surface area contributed by atoms with Crippen LogP contribution in [0.2, 0.25) is 0 Å². The van der Waals surface area contributed by atoms with Crippen LogP contribution in [0.25, 0.3) is 0 Å². The molecule has 1 unspecified atom stereocenters. The zero-order valence-electron chi connectivity index (χ0n) is 8.08. The van der Waals surface area contributed by atoms with Crippen LogP contribution in [0.1, 0.15) is 28.1 Å². The number of rotatable bonds is 1. The van der Waals surface area contributed by atoms with E-state index in [2.05, 4.69) is 10.3 Å². The van der Waals surface area contributed by atoms with Gasteiger partial charge in [-0.05, 0) is 19.3 Å². The second kappa shape index (κ2) is 3.61. The molecular formula is C10H14N2OS. The Morgan fingerprint density at radius 3 is 3.21 bits per heavy atom. The lowest BCUT2D eigenvalue weighted by molar-refractivity contribution is 0.0275. The van der Waals surface area contributed by atoms with E-state index in [0.717, 1.165) is 19.7 Å². The average molecular weight is 210 g/mol. The summed E-state index contributed by atoms with van der Waals surface area (Å²) in [4.78, 5) is 6.16. The van der Waals surface area contributed by atoms with Crippen molar-refractivity contribution < 1.29 is 4.74 Å². The molecule has 1 saturated heterocycles. The highest BCUT2D eigenvalue weighted by Crippen LogP contribution is 2.32. The van der Waals surface area contributed by atoms with Crippen LogP contribution < -0.4 is 5.32 Å². The van der Waals surface area contributed by atoms with Crippen LogP contribution in [0, 0.1) is 0 Å². The Morgan fingerprint density at radius 1 is 1.43 bits per heavy atom. The van der Waals surface area contributed by atoms with E-state index in [9.17, 15) is 0 Å². The maximum absolute atomic E-state index is 5.69. The Kier molecular flexibility index (Phi) is 2.27. The van der Waals surface area contributed by atoms with Crippen molar-refractivity contribution in [3.05, 3.63) is 15.6 Å². The predicted octanol–water partition coefficient (Wildman–Crippen LogP) is 1.29. The SMILES string of the molecule is C1Cc2nc(C3CNCCO3)sc2C1. The fraction of sp³-hybridized carbons (Fsp3) is 0.700. The van der Waals surface area contributed by atoms with E-state index < -0.39 is 0 Å². The third-order valence-corrected chi connectivity index (χ3v) is 4.06. The van der Waals surface area contributed by atoms with Gasteiger partial charge >= 0.3 is 0 Å². The third kappa shape index (κ3) is 1.47. The van der Waals surface area contributed by atoms with Crippen molar-refractivity contribution >= 4 is 11.3 Å². The van der Waals surface area contributed by atoms with Crippen molar-refractivity contribution in [1.29, 1.82) is 0 Å². The smallest absolute Gasteiger partial charge is 0.123 e. The number of hydrogen-bond donors (Lipinski definition) is 1. The molecule has 14 heavy (non-hydrogen) atoms. The minimum Gasteiger partial charge on any atom is -0.368 e. The molecule has 1 aromatic rings. The molecule has 3 nitrogen and oxygen atoms in total. The zero-order valence-corrected chi connectivity index (χ0v) is 8.90. The Hall–Kier alpha value is -0.450. The average Bonchev–Trinajstić information content (AvgIpc) is 2.78. The fourth-order valence-electron chi connectivity index (χ4n) is 2.07. The van der Waals surface area contributed by atoms with E-state index in [1.54, 1.807) is 0 Å². The Labute approximate surface area is 87.5 Å². The second-order valence-electron chi connectivity index (χ2n) is 3.84. The van der Waals surface area contributed by atoms with Crippen molar-refractivity contribution in [3.8, 4) is 0 Å². The lowest BCUT2D eigenvalue weighted by Gasteiger charge is -2.21. The van der Waals surface area contributed by atoms with E-state index in [4.69, 9.17) is 4.74 Å². The maximum atomic E-state index is 5.69. The van der Waals surface area contributed by atoms with Gasteiger partial charge in [-0.2, -0.15) is 0 Å². The number of nitrogens with zero attached hydrogens (tertiary/aromatic N) is 1. The van der Waals surface area contributed by atoms with Gasteiger partial charge in [-0.15, -0.1) is 11.3 Å². The number of aromatic nitrogens is 1. The summed E-state index contributed by atoms with van der Waals surface area (Å²) >= 11 is 1.85. The van der Waals surface area contributed by atoms with Crippen molar-refractivity contribution in [2.75, 3.05) is 19.7 Å². The zero-order chi connectivity index (χ0) is 9.38. The molecule has 0 amide bonds. The van der Waals surface area contributed by atoms with Gasteiger partial charge in [-0.1, -0.05) is 0 Å². The van der Waals surface area contributed by atoms with Gasteiger partial charge in [0.2, 0.25) is 0 Å². The summed E-state index contributed by atoms with van der Waals surface area (Å²) in [6.07, 6.45) is 3.90. The minimum absolute atomic E-state index is 0.208. The highest BCUT2D eigenvalue weighted by Gasteiger charge is 2.23. The molecule has 1 atom stereocenters. The monoisotopic (exact) mass is 210 g/mol. The summed E-state index contributed by atoms with van der Waals surface area (Å²) in [7, 11) is 0. The number of hydrogen-bond acceptors (Lipinski definition) is 4. The largest absolute Gasteiger partial charge is 0.368 e. The Morgan fingerprint density at radius 2 is 2.43 bits per heavy atom. The first-order valence-corrected chi connectivity index (χ1v) is 6.06. The first kappa shape index (κ1) is 8.83. The molecule has 4 heteroatoms. The molecule has 0 aromatic carbocycles. The van der Waals surface area contributed by atoms with Crippen LogP contribution in [0.3, 0.4) is 0 Å². The van der Waals surface area contributed by atoms with E-state index in [-0.39, 0.29) is 6.10 Å². The molecule has 1 aromatic heterocycles. The standard InChI is InChI=1S/C10H14N2OS/c1-2-7-9(3-1)14-10(12-7)8-6-11-4-5-13-8/h8,11H,1-6H2. The summed E-state index contributed by atoms with van der Waals surface area (Å²) in [5.41, 5.74) is 1.33. The van der Waals surface area contributed by atoms with Crippen molar-refractivity contribution in [2.24, 2.45) is 0 Å². The molecule has 2 heterocycles. The molecular weight excluding hydrogens is 196 g/mol. The van der Waals surface area contributed by atoms with Gasteiger partial charge in [-0.3, -0.25) is 0 Å². The first-order valence-electron chi connectivity index (χ1n) is 5.24. The van der Waals surface area contributed by atoms with E-state index >= 15 is 0 Å². The van der Waals surface area contributed by atoms with Crippen LogP contribution in [-0.2, 0) is 17.6 Å². The van der Waals surface area contributed by atoms with Gasteiger partial charge in [0.1, 0.15) is 11.1 Å². The van der Waals surface area contributed by atoms with Crippen molar-refractivity contribution in [3.63, 3.8) is 0 Å². The van der Waals surface area contributed by atoms with Gasteiger partial charge in [0.15, 0.2) is 0 Å². The maximum Gasteiger partial charge on any atom is 0.123 e. The Balaban J connectivity index is 1.82. The summed E-state index contributed by atoms with van der Waals surface area (Å²) < 4.78 is 5.69. The highest BCUT2D eigenvalue weighted by molar-refractivity contribution is 7.11. The number of thiazole rings is 1.